The molecule has 66 valence electrons. The summed E-state index contributed by atoms with van der Waals surface area (Å²) in [6, 6.07) is 1.91. The summed E-state index contributed by atoms with van der Waals surface area (Å²) in [7, 11) is 0. The normalized spacial score (nSPS) is 12.8. The smallest absolute Gasteiger partial charge is 0.312 e. The largest absolute Gasteiger partial charge is 0.481 e. The Balaban J connectivity index is 2.58. The molecular weight excluding hydrogens is 156 g/mol. The molecule has 0 aliphatic carbocycles. The number of aryl methyl sites for hydroxylation is 1. The van der Waals surface area contributed by atoms with Crippen LogP contribution < -0.4 is 4.68 Å². The highest BCUT2D eigenvalue weighted by atomic mass is 16.4. The number of nitrogens with one attached hydrogen (secondary N) is 1. The zero-order chi connectivity index (χ0) is 9.14. The Morgan fingerprint density at radius 3 is 2.92 bits per heavy atom. The molecule has 4 heteroatoms. The molecule has 2 N–H and O–H groups in total. The molecule has 0 aliphatic rings. The molecule has 0 aromatic carbocycles. The number of aliphatic carboxylic acids is 1. The lowest BCUT2D eigenvalue weighted by Crippen LogP contribution is -2.40. The number of H-pyrrole nitrogens is 1. The minimum Gasteiger partial charge on any atom is -0.481 e. The minimum atomic E-state index is -0.769. The molecule has 1 rings (SSSR count). The molecule has 1 aromatic heterocycles. The van der Waals surface area contributed by atoms with E-state index in [1.807, 2.05) is 19.2 Å². The molecule has 0 amide bonds. The number of nitrogens with zero attached hydrogens (tertiary/aromatic N) is 1. The van der Waals surface area contributed by atoms with Crippen LogP contribution in [-0.2, 0) is 11.3 Å². The average Bonchev–Trinajstić information content (AvgIpc) is 2.35. The lowest BCUT2D eigenvalue weighted by atomic mass is 10.2. The molecule has 12 heavy (non-hydrogen) atoms. The van der Waals surface area contributed by atoms with Gasteiger partial charge in [0, 0.05) is 6.07 Å². The lowest BCUT2D eigenvalue weighted by molar-refractivity contribution is -0.753. The molecule has 1 heterocycles. The van der Waals surface area contributed by atoms with Crippen molar-refractivity contribution in [1.29, 1.82) is 0 Å². The summed E-state index contributed by atoms with van der Waals surface area (Å²) < 4.78 is 1.77. The second kappa shape index (κ2) is 3.38. The van der Waals surface area contributed by atoms with Crippen LogP contribution in [0.2, 0.25) is 0 Å². The Morgan fingerprint density at radius 1 is 1.83 bits per heavy atom. The van der Waals surface area contributed by atoms with Crippen LogP contribution in [-0.4, -0.2) is 16.2 Å². The van der Waals surface area contributed by atoms with Gasteiger partial charge in [0.2, 0.25) is 0 Å². The molecule has 0 spiro atoms. The zero-order valence-electron chi connectivity index (χ0n) is 7.24. The Labute approximate surface area is 70.8 Å². The van der Waals surface area contributed by atoms with Gasteiger partial charge in [0.15, 0.2) is 12.7 Å². The van der Waals surface area contributed by atoms with Gasteiger partial charge in [-0.15, -0.1) is 4.68 Å². The number of hydrogen-bond acceptors (Lipinski definition) is 1. The fourth-order valence-electron chi connectivity index (χ4n) is 0.982. The van der Waals surface area contributed by atoms with Crippen molar-refractivity contribution >= 4 is 5.97 Å². The standard InChI is InChI=1S/C8H12N2O2/c1-6(8(11)12)5-10-4-3-7(2)9-10/h3-4,6H,5H2,1-2H3,(H,11,12)/p+1/t6-/m0/s1. The molecule has 0 saturated carbocycles. The van der Waals surface area contributed by atoms with E-state index in [0.29, 0.717) is 6.54 Å². The van der Waals surface area contributed by atoms with Gasteiger partial charge >= 0.3 is 5.97 Å². The molecule has 0 saturated heterocycles. The third kappa shape index (κ3) is 2.08. The second-order valence-corrected chi connectivity index (χ2v) is 3.00. The Bertz CT molecular complexity index is 280. The number of aromatic amines is 1. The van der Waals surface area contributed by atoms with E-state index in [-0.39, 0.29) is 5.92 Å². The Kier molecular flexibility index (Phi) is 2.47. The molecular formula is C8H13N2O2+. The van der Waals surface area contributed by atoms with Crippen molar-refractivity contribution < 1.29 is 14.6 Å². The third-order valence-corrected chi connectivity index (χ3v) is 1.72. The van der Waals surface area contributed by atoms with Crippen LogP contribution in [0.25, 0.3) is 0 Å². The topological polar surface area (TPSA) is 57.0 Å². The fourth-order valence-corrected chi connectivity index (χ4v) is 0.982. The predicted molar refractivity (Wildman–Crippen MR) is 42.5 cm³/mol. The zero-order valence-corrected chi connectivity index (χ0v) is 7.24. The fraction of sp³-hybridized carbons (Fsp3) is 0.500. The van der Waals surface area contributed by atoms with E-state index < -0.39 is 5.97 Å². The van der Waals surface area contributed by atoms with Crippen LogP contribution in [0, 0.1) is 12.8 Å². The second-order valence-electron chi connectivity index (χ2n) is 3.00. The maximum Gasteiger partial charge on any atom is 0.312 e. The van der Waals surface area contributed by atoms with Gasteiger partial charge in [0.1, 0.15) is 5.92 Å². The SMILES string of the molecule is Cc1cc[n+](C[C@H](C)C(=O)O)[nH]1. The Hall–Kier alpha value is -1.32. The summed E-state index contributed by atoms with van der Waals surface area (Å²) in [6.45, 7) is 4.11. The van der Waals surface area contributed by atoms with Crippen molar-refractivity contribution in [2.75, 3.05) is 0 Å². The van der Waals surface area contributed by atoms with E-state index in [9.17, 15) is 4.79 Å². The Morgan fingerprint density at radius 2 is 2.50 bits per heavy atom. The quantitative estimate of drug-likeness (QED) is 0.641. The lowest BCUT2D eigenvalue weighted by Gasteiger charge is -1.97. The van der Waals surface area contributed by atoms with E-state index >= 15 is 0 Å². The van der Waals surface area contributed by atoms with Crippen LogP contribution in [0.3, 0.4) is 0 Å². The van der Waals surface area contributed by atoms with Gasteiger partial charge in [0.05, 0.1) is 5.69 Å². The molecule has 0 fully saturated rings. The van der Waals surface area contributed by atoms with Crippen LogP contribution in [0.15, 0.2) is 12.3 Å². The van der Waals surface area contributed by atoms with Gasteiger partial charge in [-0.1, -0.05) is 0 Å². The van der Waals surface area contributed by atoms with Gasteiger partial charge in [-0.25, -0.2) is 0 Å². The molecule has 0 unspecified atom stereocenters. The first-order valence-corrected chi connectivity index (χ1v) is 3.87. The predicted octanol–water partition coefficient (Wildman–Crippen LogP) is 0.331. The molecule has 0 aliphatic heterocycles. The maximum absolute atomic E-state index is 10.5. The average molecular weight is 169 g/mol. The van der Waals surface area contributed by atoms with Crippen LogP contribution in [0.1, 0.15) is 12.6 Å². The highest BCUT2D eigenvalue weighted by Crippen LogP contribution is 1.94. The van der Waals surface area contributed by atoms with Crippen LogP contribution in [0.5, 0.6) is 0 Å². The van der Waals surface area contributed by atoms with Crippen molar-refractivity contribution in [2.45, 2.75) is 20.4 Å². The van der Waals surface area contributed by atoms with Gasteiger partial charge in [-0.05, 0) is 13.8 Å². The first-order chi connectivity index (χ1) is 5.59. The third-order valence-electron chi connectivity index (χ3n) is 1.72. The molecule has 1 atom stereocenters. The molecule has 0 radical (unpaired) electrons. The maximum atomic E-state index is 10.5. The monoisotopic (exact) mass is 169 g/mol. The van der Waals surface area contributed by atoms with Crippen LogP contribution in [0.4, 0.5) is 0 Å². The first-order valence-electron chi connectivity index (χ1n) is 3.87. The van der Waals surface area contributed by atoms with Crippen molar-refractivity contribution in [3.05, 3.63) is 18.0 Å². The summed E-state index contributed by atoms with van der Waals surface area (Å²) >= 11 is 0. The van der Waals surface area contributed by atoms with E-state index in [1.54, 1.807) is 11.6 Å². The van der Waals surface area contributed by atoms with Gasteiger partial charge < -0.3 is 5.11 Å². The number of rotatable bonds is 3. The van der Waals surface area contributed by atoms with E-state index in [1.165, 1.54) is 0 Å². The van der Waals surface area contributed by atoms with Gasteiger partial charge in [0.25, 0.3) is 0 Å². The van der Waals surface area contributed by atoms with Crippen molar-refractivity contribution in [3.63, 3.8) is 0 Å². The summed E-state index contributed by atoms with van der Waals surface area (Å²) in [5.74, 6) is -1.12. The molecule has 1 aromatic rings. The first kappa shape index (κ1) is 8.77. The summed E-state index contributed by atoms with van der Waals surface area (Å²) in [5.41, 5.74) is 1.03. The number of carbonyl (C=O) groups is 1. The summed E-state index contributed by atoms with van der Waals surface area (Å²) in [4.78, 5) is 10.5. The van der Waals surface area contributed by atoms with E-state index in [0.717, 1.165) is 5.69 Å². The highest BCUT2D eigenvalue weighted by molar-refractivity contribution is 5.69. The number of carboxylic acids is 1. The van der Waals surface area contributed by atoms with E-state index in [2.05, 4.69) is 5.10 Å². The van der Waals surface area contributed by atoms with Crippen LogP contribution >= 0.6 is 0 Å². The summed E-state index contributed by atoms with van der Waals surface area (Å²) in [5, 5.41) is 11.6. The van der Waals surface area contributed by atoms with Gasteiger partial charge in [-0.2, -0.15) is 5.10 Å². The molecule has 0 bridgehead atoms. The van der Waals surface area contributed by atoms with Crippen molar-refractivity contribution in [3.8, 4) is 0 Å². The number of aromatic nitrogens is 2. The summed E-state index contributed by atoms with van der Waals surface area (Å²) in [6.07, 6.45) is 1.84. The van der Waals surface area contributed by atoms with Crippen molar-refractivity contribution in [1.82, 2.24) is 5.10 Å². The highest BCUT2D eigenvalue weighted by Gasteiger charge is 2.17. The minimum absolute atomic E-state index is 0.354. The number of hydrogen-bond donors (Lipinski definition) is 2. The number of carboxylic acid groups (broad SMARTS) is 1. The van der Waals surface area contributed by atoms with E-state index in [4.69, 9.17) is 5.11 Å². The molecule has 4 nitrogen and oxygen atoms in total. The van der Waals surface area contributed by atoms with Crippen molar-refractivity contribution in [2.24, 2.45) is 5.92 Å². The van der Waals surface area contributed by atoms with Gasteiger partial charge in [-0.3, -0.25) is 4.79 Å².